The number of nitrogens with one attached hydrogen (secondary N) is 1. The van der Waals surface area contributed by atoms with E-state index in [1.807, 2.05) is 0 Å². The van der Waals surface area contributed by atoms with E-state index >= 15 is 0 Å². The Labute approximate surface area is 63.1 Å². The molecule has 1 aliphatic heterocycles. The number of amides is 2. The van der Waals surface area contributed by atoms with E-state index in [-0.39, 0.29) is 6.03 Å². The lowest BCUT2D eigenvalue weighted by molar-refractivity contribution is 0.219. The van der Waals surface area contributed by atoms with Crippen LogP contribution in [0.2, 0.25) is 0 Å². The highest BCUT2D eigenvalue weighted by Gasteiger charge is 2.15. The Hall–Kier alpha value is -0.0300. The third-order valence-electron chi connectivity index (χ3n) is 1.14. The molecule has 1 N–H and O–H groups in total. The van der Waals surface area contributed by atoms with Gasteiger partial charge in [-0.05, 0) is 6.42 Å². The van der Waals surface area contributed by atoms with Crippen LogP contribution in [-0.2, 0) is 0 Å². The molecule has 0 aromatic rings. The van der Waals surface area contributed by atoms with E-state index in [1.165, 1.54) is 11.0 Å². The highest BCUT2D eigenvalue weighted by molar-refractivity contribution is 8.67. The molecule has 0 bridgehead atoms. The van der Waals surface area contributed by atoms with Gasteiger partial charge in [0.05, 0.1) is 0 Å². The maximum absolute atomic E-state index is 10.8. The summed E-state index contributed by atoms with van der Waals surface area (Å²) in [6.45, 7) is 1.60. The van der Waals surface area contributed by atoms with Gasteiger partial charge in [-0.3, -0.25) is 4.31 Å². The van der Waals surface area contributed by atoms with Crippen molar-refractivity contribution in [2.45, 2.75) is 6.42 Å². The molecular weight excluding hydrogens is 156 g/mol. The van der Waals surface area contributed by atoms with Gasteiger partial charge in [0.2, 0.25) is 0 Å². The summed E-state index contributed by atoms with van der Waals surface area (Å²) >= 11 is 3.90. The smallest absolute Gasteiger partial charge is 0.328 e. The lowest BCUT2D eigenvalue weighted by Gasteiger charge is -2.23. The van der Waals surface area contributed by atoms with Crippen LogP contribution in [0.1, 0.15) is 6.42 Å². The number of carbonyl (C=O) groups is 1. The van der Waals surface area contributed by atoms with Crippen LogP contribution in [0.25, 0.3) is 0 Å². The maximum atomic E-state index is 10.8. The van der Waals surface area contributed by atoms with E-state index < -0.39 is 0 Å². The van der Waals surface area contributed by atoms with Gasteiger partial charge in [0.25, 0.3) is 0 Å². The third-order valence-corrected chi connectivity index (χ3v) is 2.28. The van der Waals surface area contributed by atoms with Crippen molar-refractivity contribution in [1.82, 2.24) is 9.62 Å². The van der Waals surface area contributed by atoms with Crippen LogP contribution in [-0.4, -0.2) is 23.4 Å². The molecule has 0 saturated carbocycles. The van der Waals surface area contributed by atoms with Crippen LogP contribution < -0.4 is 5.32 Å². The first-order chi connectivity index (χ1) is 4.34. The fourth-order valence-corrected chi connectivity index (χ4v) is 1.50. The minimum atomic E-state index is -0.0266. The van der Waals surface area contributed by atoms with Crippen LogP contribution in [0.15, 0.2) is 0 Å². The van der Waals surface area contributed by atoms with Crippen LogP contribution in [0.4, 0.5) is 4.79 Å². The van der Waals surface area contributed by atoms with Gasteiger partial charge in [-0.25, -0.2) is 4.79 Å². The van der Waals surface area contributed by atoms with Crippen molar-refractivity contribution in [1.29, 1.82) is 0 Å². The van der Waals surface area contributed by atoms with Crippen molar-refractivity contribution in [3.05, 3.63) is 0 Å². The molecule has 1 heterocycles. The summed E-state index contributed by atoms with van der Waals surface area (Å²) in [5.74, 6) is 0. The zero-order chi connectivity index (χ0) is 6.69. The number of rotatable bonds is 1. The molecule has 0 aliphatic carbocycles. The number of carbonyl (C=O) groups excluding carboxylic acids is 1. The van der Waals surface area contributed by atoms with E-state index in [2.05, 4.69) is 17.0 Å². The van der Waals surface area contributed by atoms with Gasteiger partial charge in [-0.2, -0.15) is 0 Å². The molecule has 1 saturated heterocycles. The van der Waals surface area contributed by atoms with Crippen molar-refractivity contribution in [2.75, 3.05) is 13.1 Å². The second-order valence-corrected chi connectivity index (χ2v) is 2.86. The number of thiol groups is 1. The first-order valence-corrected chi connectivity index (χ1v) is 4.54. The third kappa shape index (κ3) is 1.69. The van der Waals surface area contributed by atoms with Crippen molar-refractivity contribution in [3.63, 3.8) is 0 Å². The molecule has 2 amide bonds. The van der Waals surface area contributed by atoms with Crippen molar-refractivity contribution in [2.24, 2.45) is 0 Å². The van der Waals surface area contributed by atoms with Gasteiger partial charge in [0.15, 0.2) is 0 Å². The molecule has 0 aromatic carbocycles. The second kappa shape index (κ2) is 3.22. The van der Waals surface area contributed by atoms with Crippen molar-refractivity contribution >= 4 is 28.7 Å². The van der Waals surface area contributed by atoms with E-state index in [1.54, 1.807) is 4.31 Å². The minimum Gasteiger partial charge on any atom is -0.337 e. The Morgan fingerprint density at radius 1 is 1.78 bits per heavy atom. The van der Waals surface area contributed by atoms with E-state index in [9.17, 15) is 4.79 Å². The van der Waals surface area contributed by atoms with E-state index in [4.69, 9.17) is 0 Å². The van der Waals surface area contributed by atoms with Gasteiger partial charge in [0.1, 0.15) is 0 Å². The first-order valence-electron chi connectivity index (χ1n) is 2.71. The Balaban J connectivity index is 2.39. The molecule has 0 aromatic heterocycles. The Morgan fingerprint density at radius 2 is 2.56 bits per heavy atom. The number of nitrogens with zero attached hydrogens (tertiary/aromatic N) is 1. The first kappa shape index (κ1) is 7.08. The van der Waals surface area contributed by atoms with E-state index in [0.717, 1.165) is 19.5 Å². The van der Waals surface area contributed by atoms with Gasteiger partial charge in [-0.1, -0.05) is 11.7 Å². The molecule has 9 heavy (non-hydrogen) atoms. The van der Waals surface area contributed by atoms with Crippen molar-refractivity contribution < 1.29 is 4.79 Å². The zero-order valence-corrected chi connectivity index (χ0v) is 6.54. The maximum Gasteiger partial charge on any atom is 0.328 e. The average molecular weight is 164 g/mol. The Morgan fingerprint density at radius 3 is 3.00 bits per heavy atom. The van der Waals surface area contributed by atoms with Crippen LogP contribution >= 0.6 is 22.6 Å². The molecule has 52 valence electrons. The number of hydrogen-bond donors (Lipinski definition) is 2. The van der Waals surface area contributed by atoms with Crippen molar-refractivity contribution in [3.8, 4) is 0 Å². The molecule has 5 heteroatoms. The largest absolute Gasteiger partial charge is 0.337 e. The standard InChI is InChI=1S/C4H8N2OS2/c7-4-5-2-1-3-6(4)9-8/h8H,1-3H2,(H,5,7). The predicted octanol–water partition coefficient (Wildman–Crippen LogP) is 0.895. The summed E-state index contributed by atoms with van der Waals surface area (Å²) in [6.07, 6.45) is 1.01. The molecule has 0 unspecified atom stereocenters. The fraction of sp³-hybridized carbons (Fsp3) is 0.750. The molecule has 1 aliphatic rings. The molecule has 0 atom stereocenters. The van der Waals surface area contributed by atoms with Gasteiger partial charge >= 0.3 is 6.03 Å². The molecule has 1 fully saturated rings. The molecule has 1 rings (SSSR count). The van der Waals surface area contributed by atoms with Gasteiger partial charge in [-0.15, -0.1) is 0 Å². The zero-order valence-electron chi connectivity index (χ0n) is 4.83. The summed E-state index contributed by atoms with van der Waals surface area (Å²) in [4.78, 5) is 10.8. The Kier molecular flexibility index (Phi) is 2.53. The molecule has 0 radical (unpaired) electrons. The lowest BCUT2D eigenvalue weighted by atomic mass is 10.4. The van der Waals surface area contributed by atoms with Crippen LogP contribution in [0.3, 0.4) is 0 Å². The minimum absolute atomic E-state index is 0.0266. The lowest BCUT2D eigenvalue weighted by Crippen LogP contribution is -2.41. The number of urea groups is 1. The second-order valence-electron chi connectivity index (χ2n) is 1.77. The highest BCUT2D eigenvalue weighted by Crippen LogP contribution is 2.15. The molecular formula is C4H8N2OS2. The fourth-order valence-electron chi connectivity index (χ4n) is 0.686. The van der Waals surface area contributed by atoms with Crippen LogP contribution in [0.5, 0.6) is 0 Å². The molecule has 3 nitrogen and oxygen atoms in total. The summed E-state index contributed by atoms with van der Waals surface area (Å²) in [5.41, 5.74) is 0. The summed E-state index contributed by atoms with van der Waals surface area (Å²) in [6, 6.07) is -0.0266. The number of hydrogen-bond acceptors (Lipinski definition) is 3. The topological polar surface area (TPSA) is 32.3 Å². The summed E-state index contributed by atoms with van der Waals surface area (Å²) in [7, 11) is 1.17. The van der Waals surface area contributed by atoms with E-state index in [0.29, 0.717) is 0 Å². The Bertz CT molecular complexity index is 119. The quantitative estimate of drug-likeness (QED) is 0.343. The normalized spacial score (nSPS) is 19.7. The van der Waals surface area contributed by atoms with Crippen LogP contribution in [0, 0.1) is 0 Å². The monoisotopic (exact) mass is 164 g/mol. The molecule has 0 spiro atoms. The van der Waals surface area contributed by atoms with Gasteiger partial charge in [0, 0.05) is 24.1 Å². The predicted molar refractivity (Wildman–Crippen MR) is 41.3 cm³/mol. The highest BCUT2D eigenvalue weighted by atomic mass is 33.1. The average Bonchev–Trinajstić information content (AvgIpc) is 1.89. The summed E-state index contributed by atoms with van der Waals surface area (Å²) in [5, 5.41) is 2.70. The SMILES string of the molecule is O=C1NCCCN1SS. The summed E-state index contributed by atoms with van der Waals surface area (Å²) < 4.78 is 1.59. The van der Waals surface area contributed by atoms with Gasteiger partial charge < -0.3 is 5.32 Å².